The number of H-pyrrole nitrogens is 1. The van der Waals surface area contributed by atoms with Crippen molar-refractivity contribution in [2.24, 2.45) is 0 Å². The fraction of sp³-hybridized carbons (Fsp3) is 0.200. The van der Waals surface area contributed by atoms with Crippen LogP contribution in [0.1, 0.15) is 18.8 Å². The molecular weight excluding hydrogens is 276 g/mol. The number of aromatic amines is 1. The van der Waals surface area contributed by atoms with E-state index in [-0.39, 0.29) is 9.92 Å². The molecule has 0 spiro atoms. The third-order valence-electron chi connectivity index (χ3n) is 2.30. The Kier molecular flexibility index (Phi) is 3.65. The number of halogens is 1. The van der Waals surface area contributed by atoms with E-state index in [4.69, 9.17) is 11.6 Å². The summed E-state index contributed by atoms with van der Waals surface area (Å²) >= 11 is 5.86. The van der Waals surface area contributed by atoms with Crippen LogP contribution in [0.5, 0.6) is 0 Å². The van der Waals surface area contributed by atoms with Gasteiger partial charge in [-0.25, -0.2) is 18.1 Å². The van der Waals surface area contributed by atoms with Gasteiger partial charge in [0.15, 0.2) is 0 Å². The van der Waals surface area contributed by atoms with E-state index in [2.05, 4.69) is 19.9 Å². The standard InChI is InChI=1S/C10H11ClN4O2S/c1-7(10-12-6-13-14-10)15-18(16,17)9-5-3-2-4-8(9)11/h2-7,15H,1H3,(H,12,13,14). The molecular formula is C10H11ClN4O2S. The van der Waals surface area contributed by atoms with E-state index in [1.165, 1.54) is 18.5 Å². The van der Waals surface area contributed by atoms with Gasteiger partial charge in [0.1, 0.15) is 17.0 Å². The Morgan fingerprint density at radius 1 is 1.39 bits per heavy atom. The number of hydrogen-bond donors (Lipinski definition) is 2. The lowest BCUT2D eigenvalue weighted by atomic mass is 10.3. The van der Waals surface area contributed by atoms with Crippen LogP contribution < -0.4 is 4.72 Å². The minimum absolute atomic E-state index is 0.0398. The van der Waals surface area contributed by atoms with Crippen molar-refractivity contribution in [2.45, 2.75) is 17.9 Å². The van der Waals surface area contributed by atoms with Gasteiger partial charge in [-0.3, -0.25) is 5.10 Å². The quantitative estimate of drug-likeness (QED) is 0.891. The predicted octanol–water partition coefficient (Wildman–Crippen LogP) is 1.50. The predicted molar refractivity (Wildman–Crippen MR) is 66.6 cm³/mol. The second kappa shape index (κ2) is 5.05. The summed E-state index contributed by atoms with van der Waals surface area (Å²) in [4.78, 5) is 3.93. The number of nitrogens with one attached hydrogen (secondary N) is 2. The molecule has 1 unspecified atom stereocenters. The van der Waals surface area contributed by atoms with Gasteiger partial charge >= 0.3 is 0 Å². The van der Waals surface area contributed by atoms with Crippen LogP contribution in [0, 0.1) is 0 Å². The number of benzene rings is 1. The molecule has 1 aromatic heterocycles. The summed E-state index contributed by atoms with van der Waals surface area (Å²) in [6, 6.07) is 5.72. The first-order valence-electron chi connectivity index (χ1n) is 5.13. The van der Waals surface area contributed by atoms with Crippen molar-refractivity contribution in [2.75, 3.05) is 0 Å². The summed E-state index contributed by atoms with van der Waals surface area (Å²) in [7, 11) is -3.69. The van der Waals surface area contributed by atoms with Crippen LogP contribution in [0.2, 0.25) is 5.02 Å². The summed E-state index contributed by atoms with van der Waals surface area (Å²) in [5.74, 6) is 0.436. The molecule has 96 valence electrons. The highest BCUT2D eigenvalue weighted by molar-refractivity contribution is 7.89. The van der Waals surface area contributed by atoms with Gasteiger partial charge in [0.25, 0.3) is 0 Å². The SMILES string of the molecule is CC(NS(=O)(=O)c1ccccc1Cl)c1ncn[nH]1. The molecule has 0 bridgehead atoms. The van der Waals surface area contributed by atoms with Crippen LogP contribution in [0.15, 0.2) is 35.5 Å². The van der Waals surface area contributed by atoms with Gasteiger partial charge in [-0.05, 0) is 19.1 Å². The van der Waals surface area contributed by atoms with E-state index in [0.717, 1.165) is 0 Å². The highest BCUT2D eigenvalue weighted by atomic mass is 35.5. The monoisotopic (exact) mass is 286 g/mol. The Labute approximate surface area is 109 Å². The smallest absolute Gasteiger partial charge is 0.242 e. The van der Waals surface area contributed by atoms with Crippen molar-refractivity contribution < 1.29 is 8.42 Å². The summed E-state index contributed by atoms with van der Waals surface area (Å²) < 4.78 is 26.7. The number of aromatic nitrogens is 3. The molecule has 2 N–H and O–H groups in total. The summed E-state index contributed by atoms with van der Waals surface area (Å²) in [5, 5.41) is 6.45. The van der Waals surface area contributed by atoms with Crippen LogP contribution in [0.4, 0.5) is 0 Å². The van der Waals surface area contributed by atoms with Gasteiger partial charge in [-0.1, -0.05) is 23.7 Å². The molecule has 1 atom stereocenters. The molecule has 18 heavy (non-hydrogen) atoms. The lowest BCUT2D eigenvalue weighted by Gasteiger charge is -2.12. The van der Waals surface area contributed by atoms with E-state index in [0.29, 0.717) is 5.82 Å². The highest BCUT2D eigenvalue weighted by Crippen LogP contribution is 2.21. The molecule has 0 amide bonds. The largest absolute Gasteiger partial charge is 0.262 e. The maximum Gasteiger partial charge on any atom is 0.242 e. The van der Waals surface area contributed by atoms with Gasteiger partial charge in [0.2, 0.25) is 10.0 Å². The Morgan fingerprint density at radius 2 is 2.11 bits per heavy atom. The second-order valence-electron chi connectivity index (χ2n) is 3.64. The van der Waals surface area contributed by atoms with E-state index < -0.39 is 16.1 Å². The highest BCUT2D eigenvalue weighted by Gasteiger charge is 2.21. The van der Waals surface area contributed by atoms with Crippen molar-refractivity contribution in [1.29, 1.82) is 0 Å². The number of sulfonamides is 1. The van der Waals surface area contributed by atoms with Crippen LogP contribution >= 0.6 is 11.6 Å². The summed E-state index contributed by atoms with van der Waals surface area (Å²) in [6.45, 7) is 1.66. The van der Waals surface area contributed by atoms with Gasteiger partial charge in [0, 0.05) is 0 Å². The van der Waals surface area contributed by atoms with Gasteiger partial charge < -0.3 is 0 Å². The van der Waals surface area contributed by atoms with Crippen LogP contribution in [-0.4, -0.2) is 23.6 Å². The molecule has 0 saturated carbocycles. The molecule has 0 aliphatic heterocycles. The molecule has 2 aromatic rings. The van der Waals surface area contributed by atoms with Gasteiger partial charge in [-0.15, -0.1) is 0 Å². The fourth-order valence-electron chi connectivity index (χ4n) is 1.44. The van der Waals surface area contributed by atoms with Crippen molar-refractivity contribution in [3.8, 4) is 0 Å². The first kappa shape index (κ1) is 13.0. The van der Waals surface area contributed by atoms with Crippen molar-refractivity contribution in [1.82, 2.24) is 19.9 Å². The van der Waals surface area contributed by atoms with Crippen LogP contribution in [0.25, 0.3) is 0 Å². The first-order chi connectivity index (χ1) is 8.50. The average Bonchev–Trinajstić information content (AvgIpc) is 2.82. The fourth-order valence-corrected chi connectivity index (χ4v) is 3.17. The molecule has 6 nitrogen and oxygen atoms in total. The van der Waals surface area contributed by atoms with Crippen LogP contribution in [0.3, 0.4) is 0 Å². The van der Waals surface area contributed by atoms with Crippen molar-refractivity contribution in [3.05, 3.63) is 41.4 Å². The van der Waals surface area contributed by atoms with Crippen molar-refractivity contribution >= 4 is 21.6 Å². The van der Waals surface area contributed by atoms with Crippen LogP contribution in [-0.2, 0) is 10.0 Å². The van der Waals surface area contributed by atoms with E-state index in [9.17, 15) is 8.42 Å². The second-order valence-corrected chi connectivity index (χ2v) is 5.73. The molecule has 0 fully saturated rings. The molecule has 0 aliphatic rings. The Hall–Kier alpha value is -1.44. The topological polar surface area (TPSA) is 87.7 Å². The molecule has 1 aromatic carbocycles. The minimum atomic E-state index is -3.69. The lowest BCUT2D eigenvalue weighted by molar-refractivity contribution is 0.560. The molecule has 2 rings (SSSR count). The number of nitrogens with zero attached hydrogens (tertiary/aromatic N) is 2. The third-order valence-corrected chi connectivity index (χ3v) is 4.34. The molecule has 8 heteroatoms. The maximum absolute atomic E-state index is 12.1. The summed E-state index contributed by atoms with van der Waals surface area (Å²) in [6.07, 6.45) is 1.32. The normalized spacial score (nSPS) is 13.4. The zero-order valence-corrected chi connectivity index (χ0v) is 11.0. The molecule has 1 heterocycles. The molecule has 0 saturated heterocycles. The van der Waals surface area contributed by atoms with E-state index >= 15 is 0 Å². The lowest BCUT2D eigenvalue weighted by Crippen LogP contribution is -2.27. The average molecular weight is 287 g/mol. The Balaban J connectivity index is 2.26. The minimum Gasteiger partial charge on any atom is -0.262 e. The Bertz CT molecular complexity index is 627. The number of rotatable bonds is 4. The molecule has 0 radical (unpaired) electrons. The zero-order valence-electron chi connectivity index (χ0n) is 9.46. The van der Waals surface area contributed by atoms with E-state index in [1.807, 2.05) is 0 Å². The third kappa shape index (κ3) is 2.69. The zero-order chi connectivity index (χ0) is 13.2. The van der Waals surface area contributed by atoms with Gasteiger partial charge in [0.05, 0.1) is 11.1 Å². The maximum atomic E-state index is 12.1. The van der Waals surface area contributed by atoms with Gasteiger partial charge in [-0.2, -0.15) is 5.10 Å². The number of hydrogen-bond acceptors (Lipinski definition) is 4. The van der Waals surface area contributed by atoms with E-state index in [1.54, 1.807) is 19.1 Å². The first-order valence-corrected chi connectivity index (χ1v) is 6.99. The van der Waals surface area contributed by atoms with Crippen molar-refractivity contribution in [3.63, 3.8) is 0 Å². The Morgan fingerprint density at radius 3 is 2.72 bits per heavy atom. The molecule has 0 aliphatic carbocycles. The summed E-state index contributed by atoms with van der Waals surface area (Å²) in [5.41, 5.74) is 0.